The van der Waals surface area contributed by atoms with Crippen LogP contribution in [-0.4, -0.2) is 42.1 Å². The zero-order chi connectivity index (χ0) is 21.1. The molecule has 1 aromatic carbocycles. The first-order valence-corrected chi connectivity index (χ1v) is 9.49. The molecule has 3 heterocycles. The number of benzene rings is 1. The molecule has 1 atom stereocenters. The van der Waals surface area contributed by atoms with Crippen LogP contribution in [0.3, 0.4) is 0 Å². The fraction of sp³-hybridized carbons (Fsp3) is 0.300. The van der Waals surface area contributed by atoms with Gasteiger partial charge in [0.1, 0.15) is 29.3 Å². The smallest absolute Gasteiger partial charge is 0.211 e. The maximum absolute atomic E-state index is 9.48. The molecule has 0 amide bonds. The van der Waals surface area contributed by atoms with Gasteiger partial charge in [-0.25, -0.2) is 9.98 Å². The largest absolute Gasteiger partial charge is 0.397 e. The van der Waals surface area contributed by atoms with Crippen LogP contribution in [0.15, 0.2) is 29.3 Å². The van der Waals surface area contributed by atoms with Crippen molar-refractivity contribution in [2.45, 2.75) is 12.6 Å². The molecule has 6 N–H and O–H groups in total. The number of pyridine rings is 1. The van der Waals surface area contributed by atoms with E-state index in [-0.39, 0.29) is 23.0 Å². The summed E-state index contributed by atoms with van der Waals surface area (Å²) in [6.45, 7) is 3.83. The van der Waals surface area contributed by atoms with Gasteiger partial charge in [0.25, 0.3) is 0 Å². The van der Waals surface area contributed by atoms with Gasteiger partial charge in [-0.3, -0.25) is 10.2 Å². The highest BCUT2D eigenvalue weighted by atomic mass is 16.5. The molecule has 1 aromatic heterocycles. The van der Waals surface area contributed by atoms with Gasteiger partial charge in [0.05, 0.1) is 18.9 Å². The molecule has 1 fully saturated rings. The molecule has 0 saturated carbocycles. The van der Waals surface area contributed by atoms with Crippen LogP contribution in [0.1, 0.15) is 28.3 Å². The molecule has 1 unspecified atom stereocenters. The number of aliphatic imine (C=N–C) groups is 1. The van der Waals surface area contributed by atoms with E-state index in [2.05, 4.69) is 25.5 Å². The van der Waals surface area contributed by atoms with Gasteiger partial charge in [0.15, 0.2) is 6.19 Å². The number of guanidine groups is 1. The van der Waals surface area contributed by atoms with Crippen molar-refractivity contribution in [3.8, 4) is 12.3 Å². The van der Waals surface area contributed by atoms with Crippen LogP contribution in [0.5, 0.6) is 0 Å². The second kappa shape index (κ2) is 8.25. The topological polar surface area (TPSA) is 161 Å². The first-order chi connectivity index (χ1) is 14.6. The standard InChI is InChI=1S/C20H21N9O/c21-9-14-16(23)15-17(26-20(25-11-22)28-19(15)27-18(14)24)13-4-2-1-3-12(13)10-29-5-7-30-8-6-29/h1-4,17H,5-8,10H2,(H6,23,24,25,26,27,28). The Kier molecular flexibility index (Phi) is 5.35. The monoisotopic (exact) mass is 403 g/mol. The van der Waals surface area contributed by atoms with E-state index < -0.39 is 6.04 Å². The first kappa shape index (κ1) is 19.5. The number of rotatable bonds is 3. The first-order valence-electron chi connectivity index (χ1n) is 9.49. The maximum atomic E-state index is 9.48. The minimum absolute atomic E-state index is 0.0276. The Morgan fingerprint density at radius 1 is 1.23 bits per heavy atom. The van der Waals surface area contributed by atoms with Crippen LogP contribution < -0.4 is 22.1 Å². The van der Waals surface area contributed by atoms with E-state index in [0.29, 0.717) is 24.6 Å². The van der Waals surface area contributed by atoms with Crippen molar-refractivity contribution < 1.29 is 4.74 Å². The number of hydrogen-bond donors (Lipinski definition) is 4. The van der Waals surface area contributed by atoms with Gasteiger partial charge in [0.2, 0.25) is 5.96 Å². The van der Waals surface area contributed by atoms with Crippen LogP contribution in [-0.2, 0) is 11.3 Å². The number of hydrogen-bond acceptors (Lipinski definition) is 10. The SMILES string of the molecule is N#CNC1=NC(c2ccccc2CN2CCOCC2)c2c(nc(N)c(C#N)c2N)N1. The molecule has 2 aliphatic rings. The van der Waals surface area contributed by atoms with E-state index in [4.69, 9.17) is 21.5 Å². The molecule has 4 rings (SSSR count). The highest BCUT2D eigenvalue weighted by Gasteiger charge is 2.31. The van der Waals surface area contributed by atoms with Crippen molar-refractivity contribution >= 4 is 23.3 Å². The molecule has 0 aliphatic carbocycles. The summed E-state index contributed by atoms with van der Waals surface area (Å²) in [5.41, 5.74) is 15.2. The molecule has 10 heteroatoms. The summed E-state index contributed by atoms with van der Waals surface area (Å²) in [6, 6.07) is 9.41. The Hall–Kier alpha value is -3.86. The van der Waals surface area contributed by atoms with E-state index in [1.807, 2.05) is 36.5 Å². The average molecular weight is 403 g/mol. The van der Waals surface area contributed by atoms with Gasteiger partial charge in [-0.2, -0.15) is 10.5 Å². The molecule has 0 radical (unpaired) electrons. The summed E-state index contributed by atoms with van der Waals surface area (Å²) in [5.74, 6) is 0.648. The van der Waals surface area contributed by atoms with Crippen LogP contribution in [0.25, 0.3) is 0 Å². The molecule has 1 saturated heterocycles. The Balaban J connectivity index is 1.83. The molecule has 2 aliphatic heterocycles. The Morgan fingerprint density at radius 3 is 2.73 bits per heavy atom. The molecule has 30 heavy (non-hydrogen) atoms. The second-order valence-electron chi connectivity index (χ2n) is 6.99. The number of nitrogen functional groups attached to an aromatic ring is 2. The molecule has 10 nitrogen and oxygen atoms in total. The summed E-state index contributed by atoms with van der Waals surface area (Å²) >= 11 is 0. The second-order valence-corrected chi connectivity index (χ2v) is 6.99. The number of fused-ring (bicyclic) bond motifs is 1. The number of nitrogens with one attached hydrogen (secondary N) is 2. The Morgan fingerprint density at radius 2 is 2.00 bits per heavy atom. The Bertz CT molecular complexity index is 1080. The number of nitrogens with zero attached hydrogens (tertiary/aromatic N) is 5. The normalized spacial score (nSPS) is 18.3. The lowest BCUT2D eigenvalue weighted by Crippen LogP contribution is -2.36. The highest BCUT2D eigenvalue weighted by molar-refractivity contribution is 5.98. The number of morpholine rings is 1. The number of nitrogens with two attached hydrogens (primary N) is 2. The van der Waals surface area contributed by atoms with Gasteiger partial charge < -0.3 is 21.5 Å². The zero-order valence-corrected chi connectivity index (χ0v) is 16.2. The van der Waals surface area contributed by atoms with Crippen molar-refractivity contribution in [1.29, 1.82) is 10.5 Å². The van der Waals surface area contributed by atoms with Crippen molar-refractivity contribution in [3.63, 3.8) is 0 Å². The molecule has 0 bridgehead atoms. The lowest BCUT2D eigenvalue weighted by Gasteiger charge is -2.30. The van der Waals surface area contributed by atoms with Crippen molar-refractivity contribution in [3.05, 3.63) is 46.5 Å². The van der Waals surface area contributed by atoms with Crippen molar-refractivity contribution in [2.75, 3.05) is 43.1 Å². The summed E-state index contributed by atoms with van der Waals surface area (Å²) in [5, 5.41) is 24.0. The number of anilines is 3. The predicted octanol–water partition coefficient (Wildman–Crippen LogP) is 0.891. The average Bonchev–Trinajstić information content (AvgIpc) is 2.75. The van der Waals surface area contributed by atoms with Gasteiger partial charge in [-0.05, 0) is 11.1 Å². The lowest BCUT2D eigenvalue weighted by molar-refractivity contribution is 0.0340. The number of nitriles is 2. The summed E-state index contributed by atoms with van der Waals surface area (Å²) in [7, 11) is 0. The number of ether oxygens (including phenoxy) is 1. The summed E-state index contributed by atoms with van der Waals surface area (Å²) < 4.78 is 5.45. The quantitative estimate of drug-likeness (QED) is 0.431. The predicted molar refractivity (Wildman–Crippen MR) is 112 cm³/mol. The Labute approximate surface area is 173 Å². The van der Waals surface area contributed by atoms with E-state index in [1.165, 1.54) is 0 Å². The minimum atomic E-state index is -0.547. The number of aromatic nitrogens is 1. The van der Waals surface area contributed by atoms with Crippen LogP contribution in [0, 0.1) is 22.8 Å². The third-order valence-electron chi connectivity index (χ3n) is 5.20. The van der Waals surface area contributed by atoms with E-state index in [1.54, 1.807) is 0 Å². The highest BCUT2D eigenvalue weighted by Crippen LogP contribution is 2.41. The maximum Gasteiger partial charge on any atom is 0.211 e. The van der Waals surface area contributed by atoms with Gasteiger partial charge in [-0.1, -0.05) is 24.3 Å². The van der Waals surface area contributed by atoms with Crippen LogP contribution in [0.4, 0.5) is 17.3 Å². The third-order valence-corrected chi connectivity index (χ3v) is 5.20. The van der Waals surface area contributed by atoms with Crippen molar-refractivity contribution in [1.82, 2.24) is 15.2 Å². The van der Waals surface area contributed by atoms with Crippen LogP contribution >= 0.6 is 0 Å². The zero-order valence-electron chi connectivity index (χ0n) is 16.2. The molecule has 0 spiro atoms. The summed E-state index contributed by atoms with van der Waals surface area (Å²) in [6.07, 6.45) is 1.86. The molecular formula is C20H21N9O. The van der Waals surface area contributed by atoms with Gasteiger partial charge >= 0.3 is 0 Å². The molecular weight excluding hydrogens is 382 g/mol. The fourth-order valence-electron chi connectivity index (χ4n) is 3.75. The van der Waals surface area contributed by atoms with Crippen molar-refractivity contribution in [2.24, 2.45) is 4.99 Å². The third kappa shape index (κ3) is 3.57. The van der Waals surface area contributed by atoms with Gasteiger partial charge in [0, 0.05) is 25.2 Å². The summed E-state index contributed by atoms with van der Waals surface area (Å²) in [4.78, 5) is 11.3. The van der Waals surface area contributed by atoms with E-state index in [0.717, 1.165) is 30.8 Å². The molecule has 152 valence electrons. The molecule has 2 aromatic rings. The minimum Gasteiger partial charge on any atom is -0.397 e. The fourth-order valence-corrected chi connectivity index (χ4v) is 3.75. The van der Waals surface area contributed by atoms with E-state index in [9.17, 15) is 5.26 Å². The van der Waals surface area contributed by atoms with E-state index >= 15 is 0 Å². The lowest BCUT2D eigenvalue weighted by atomic mass is 9.91. The van der Waals surface area contributed by atoms with Crippen LogP contribution in [0.2, 0.25) is 0 Å². The van der Waals surface area contributed by atoms with Gasteiger partial charge in [-0.15, -0.1) is 0 Å².